The number of hydrogen-bond donors (Lipinski definition) is 1. The molecule has 1 aromatic heterocycles. The predicted octanol–water partition coefficient (Wildman–Crippen LogP) is 4.45. The monoisotopic (exact) mass is 537 g/mol. The molecule has 0 spiro atoms. The van der Waals surface area contributed by atoms with Gasteiger partial charge in [0.05, 0.1) is 29.0 Å². The maximum atomic E-state index is 13.9. The van der Waals surface area contributed by atoms with Gasteiger partial charge in [-0.25, -0.2) is 4.99 Å². The van der Waals surface area contributed by atoms with Crippen molar-refractivity contribution in [1.82, 2.24) is 4.57 Å². The molecular formula is C31H27N3O4S. The number of ether oxygens (including phenoxy) is 2. The van der Waals surface area contributed by atoms with Gasteiger partial charge in [-0.05, 0) is 60.5 Å². The quantitative estimate of drug-likeness (QED) is 0.337. The average Bonchev–Trinajstić information content (AvgIpc) is 3.25. The van der Waals surface area contributed by atoms with Crippen LogP contribution in [0.25, 0.3) is 6.08 Å². The molecule has 7 nitrogen and oxygen atoms in total. The zero-order valence-corrected chi connectivity index (χ0v) is 22.4. The van der Waals surface area contributed by atoms with Gasteiger partial charge in [-0.15, -0.1) is 0 Å². The Labute approximate surface area is 229 Å². The van der Waals surface area contributed by atoms with Gasteiger partial charge in [0, 0.05) is 5.69 Å². The highest BCUT2D eigenvalue weighted by Crippen LogP contribution is 2.32. The Bertz CT molecular complexity index is 1750. The summed E-state index contributed by atoms with van der Waals surface area (Å²) in [6.45, 7) is 5.86. The normalized spacial score (nSPS) is 14.8. The molecule has 1 atom stereocenters. The summed E-state index contributed by atoms with van der Waals surface area (Å²) in [6.07, 6.45) is 3.49. The van der Waals surface area contributed by atoms with Crippen molar-refractivity contribution in [2.24, 2.45) is 4.99 Å². The zero-order chi connectivity index (χ0) is 27.4. The van der Waals surface area contributed by atoms with Crippen molar-refractivity contribution in [1.29, 1.82) is 0 Å². The second-order valence-corrected chi connectivity index (χ2v) is 9.86. The van der Waals surface area contributed by atoms with Gasteiger partial charge in [-0.3, -0.25) is 14.2 Å². The third-order valence-corrected chi connectivity index (χ3v) is 7.21. The minimum atomic E-state index is -0.690. The molecule has 4 aromatic rings. The molecule has 39 heavy (non-hydrogen) atoms. The van der Waals surface area contributed by atoms with E-state index < -0.39 is 6.04 Å². The average molecular weight is 538 g/mol. The number of aromatic nitrogens is 1. The molecule has 0 fully saturated rings. The van der Waals surface area contributed by atoms with Gasteiger partial charge in [0.25, 0.3) is 11.5 Å². The van der Waals surface area contributed by atoms with E-state index in [0.717, 1.165) is 11.1 Å². The first-order chi connectivity index (χ1) is 19.0. The number of nitrogens with zero attached hydrogens (tertiary/aromatic N) is 2. The number of para-hydroxylation sites is 1. The van der Waals surface area contributed by atoms with Crippen LogP contribution in [-0.4, -0.2) is 24.2 Å². The predicted molar refractivity (Wildman–Crippen MR) is 154 cm³/mol. The van der Waals surface area contributed by atoms with Crippen LogP contribution < -0.4 is 29.7 Å². The fraction of sp³-hybridized carbons (Fsp3) is 0.129. The minimum Gasteiger partial charge on any atom is -0.497 e. The van der Waals surface area contributed by atoms with E-state index in [1.807, 2.05) is 84.9 Å². The Morgan fingerprint density at radius 1 is 1.08 bits per heavy atom. The maximum absolute atomic E-state index is 13.9. The molecule has 0 radical (unpaired) electrons. The first-order valence-corrected chi connectivity index (χ1v) is 13.2. The van der Waals surface area contributed by atoms with Gasteiger partial charge in [0.1, 0.15) is 18.1 Å². The molecule has 0 bridgehead atoms. The van der Waals surface area contributed by atoms with Gasteiger partial charge >= 0.3 is 0 Å². The van der Waals surface area contributed by atoms with Crippen LogP contribution in [0.3, 0.4) is 0 Å². The van der Waals surface area contributed by atoms with E-state index in [9.17, 15) is 9.59 Å². The Morgan fingerprint density at radius 2 is 1.85 bits per heavy atom. The molecule has 2 heterocycles. The Balaban J connectivity index is 1.64. The second-order valence-electron chi connectivity index (χ2n) is 8.85. The highest BCUT2D eigenvalue weighted by molar-refractivity contribution is 7.07. The van der Waals surface area contributed by atoms with Crippen molar-refractivity contribution in [3.63, 3.8) is 0 Å². The van der Waals surface area contributed by atoms with Gasteiger partial charge in [-0.1, -0.05) is 66.5 Å². The summed E-state index contributed by atoms with van der Waals surface area (Å²) in [6, 6.07) is 23.4. The summed E-state index contributed by atoms with van der Waals surface area (Å²) in [5.41, 5.74) is 2.92. The molecule has 0 saturated heterocycles. The summed E-state index contributed by atoms with van der Waals surface area (Å²) in [7, 11) is 1.58. The lowest BCUT2D eigenvalue weighted by Crippen LogP contribution is -2.40. The number of rotatable bonds is 8. The highest BCUT2D eigenvalue weighted by atomic mass is 32.1. The minimum absolute atomic E-state index is 0.235. The molecular weight excluding hydrogens is 510 g/mol. The van der Waals surface area contributed by atoms with Gasteiger partial charge < -0.3 is 14.8 Å². The summed E-state index contributed by atoms with van der Waals surface area (Å²) < 4.78 is 13.2. The van der Waals surface area contributed by atoms with Crippen LogP contribution in [0.2, 0.25) is 0 Å². The molecule has 196 valence electrons. The SMILES string of the molecule is C=CCOc1cccc(/C=c2\sc3n(c2=O)[C@@H](c2cccc(OC)c2)C(C(=O)Nc2ccccc2)=C(C)N=3)c1. The zero-order valence-electron chi connectivity index (χ0n) is 21.6. The molecule has 8 heteroatoms. The molecule has 1 aliphatic rings. The number of amides is 1. The first-order valence-electron chi connectivity index (χ1n) is 12.3. The molecule has 1 N–H and O–H groups in total. The highest BCUT2D eigenvalue weighted by Gasteiger charge is 2.32. The van der Waals surface area contributed by atoms with E-state index in [0.29, 0.717) is 44.4 Å². The van der Waals surface area contributed by atoms with Crippen LogP contribution in [0, 0.1) is 0 Å². The topological polar surface area (TPSA) is 81.9 Å². The van der Waals surface area contributed by atoms with Crippen molar-refractivity contribution in [3.05, 3.63) is 134 Å². The third kappa shape index (κ3) is 5.46. The fourth-order valence-electron chi connectivity index (χ4n) is 4.46. The lowest BCUT2D eigenvalue weighted by atomic mass is 9.95. The van der Waals surface area contributed by atoms with Gasteiger partial charge in [-0.2, -0.15) is 0 Å². The third-order valence-electron chi connectivity index (χ3n) is 6.23. The largest absolute Gasteiger partial charge is 0.497 e. The van der Waals surface area contributed by atoms with Crippen LogP contribution in [0.4, 0.5) is 5.69 Å². The van der Waals surface area contributed by atoms with E-state index in [2.05, 4.69) is 11.9 Å². The number of hydrogen-bond acceptors (Lipinski definition) is 6. The number of nitrogens with one attached hydrogen (secondary N) is 1. The Hall–Kier alpha value is -4.69. The van der Waals surface area contributed by atoms with Crippen molar-refractivity contribution in [3.8, 4) is 11.5 Å². The van der Waals surface area contributed by atoms with Gasteiger partial charge in [0.15, 0.2) is 4.80 Å². The molecule has 5 rings (SSSR count). The van der Waals surface area contributed by atoms with Crippen LogP contribution in [0.5, 0.6) is 11.5 Å². The van der Waals surface area contributed by atoms with E-state index in [1.54, 1.807) is 24.7 Å². The molecule has 3 aromatic carbocycles. The van der Waals surface area contributed by atoms with Crippen LogP contribution in [-0.2, 0) is 4.79 Å². The number of methoxy groups -OCH3 is 1. The Kier molecular flexibility index (Phi) is 7.56. The number of carbonyl (C=O) groups is 1. The Morgan fingerprint density at radius 3 is 2.62 bits per heavy atom. The summed E-state index contributed by atoms with van der Waals surface area (Å²) in [5, 5.41) is 2.96. The second kappa shape index (κ2) is 11.4. The standard InChI is InChI=1S/C31H27N3O4S/c1-4-16-38-25-15-8-10-21(17-25)18-26-30(36)34-28(22-11-9-14-24(19-22)37-3)27(20(2)32-31(34)39-26)29(35)33-23-12-6-5-7-13-23/h4-15,17-19,28H,1,16H2,2-3H3,(H,33,35)/b26-18-/t28-/m0/s1. The molecule has 1 amide bonds. The summed E-state index contributed by atoms with van der Waals surface area (Å²) >= 11 is 1.28. The smallest absolute Gasteiger partial charge is 0.271 e. The molecule has 0 aliphatic carbocycles. The molecule has 1 aliphatic heterocycles. The van der Waals surface area contributed by atoms with Gasteiger partial charge in [0.2, 0.25) is 0 Å². The van der Waals surface area contributed by atoms with E-state index in [4.69, 9.17) is 14.5 Å². The number of benzene rings is 3. The van der Waals surface area contributed by atoms with E-state index in [1.165, 1.54) is 11.3 Å². The maximum Gasteiger partial charge on any atom is 0.271 e. The van der Waals surface area contributed by atoms with Crippen LogP contribution in [0.15, 0.2) is 113 Å². The number of carbonyl (C=O) groups excluding carboxylic acids is 1. The lowest BCUT2D eigenvalue weighted by Gasteiger charge is -2.25. The summed E-state index contributed by atoms with van der Waals surface area (Å²) in [4.78, 5) is 32.8. The molecule has 0 saturated carbocycles. The lowest BCUT2D eigenvalue weighted by molar-refractivity contribution is -0.113. The fourth-order valence-corrected chi connectivity index (χ4v) is 5.51. The summed E-state index contributed by atoms with van der Waals surface area (Å²) in [5.74, 6) is 0.987. The van der Waals surface area contributed by atoms with Crippen molar-refractivity contribution in [2.75, 3.05) is 19.0 Å². The number of allylic oxidation sites excluding steroid dienone is 1. The van der Waals surface area contributed by atoms with E-state index >= 15 is 0 Å². The van der Waals surface area contributed by atoms with Crippen molar-refractivity contribution < 1.29 is 14.3 Å². The number of fused-ring (bicyclic) bond motifs is 1. The first kappa shape index (κ1) is 25.9. The van der Waals surface area contributed by atoms with Crippen molar-refractivity contribution in [2.45, 2.75) is 13.0 Å². The van der Waals surface area contributed by atoms with Crippen LogP contribution in [0.1, 0.15) is 24.1 Å². The molecule has 0 unspecified atom stereocenters. The number of thiazole rings is 1. The van der Waals surface area contributed by atoms with E-state index in [-0.39, 0.29) is 11.5 Å². The van der Waals surface area contributed by atoms with Crippen molar-refractivity contribution >= 4 is 29.0 Å². The van der Waals surface area contributed by atoms with Crippen LogP contribution >= 0.6 is 11.3 Å². The number of anilines is 1.